The molecule has 1 aromatic carbocycles. The number of aromatic hydroxyl groups is 2. The van der Waals surface area contributed by atoms with Crippen LogP contribution < -0.4 is 29.6 Å². The minimum Gasteiger partial charge on any atom is -0.747 e. The fourth-order valence-electron chi connectivity index (χ4n) is 9.96. The first-order chi connectivity index (χ1) is 17.3. The third-order valence-corrected chi connectivity index (χ3v) is 13.7. The number of rotatable bonds is 2. The fraction of sp³-hybridized carbons (Fsp3) is 0.759. The van der Waals surface area contributed by atoms with E-state index in [2.05, 4.69) is 20.8 Å². The summed E-state index contributed by atoms with van der Waals surface area (Å²) in [6.45, 7) is 11.8. The Morgan fingerprint density at radius 3 is 2.10 bits per heavy atom. The second-order valence-electron chi connectivity index (χ2n) is 14.2. The summed E-state index contributed by atoms with van der Waals surface area (Å²) in [6, 6.07) is 1.38. The summed E-state index contributed by atoms with van der Waals surface area (Å²) in [5, 5.41) is 41.3. The van der Waals surface area contributed by atoms with E-state index in [-0.39, 0.29) is 57.8 Å². The van der Waals surface area contributed by atoms with Gasteiger partial charge in [-0.2, -0.15) is 0 Å². The Hall–Kier alpha value is -0.840. The summed E-state index contributed by atoms with van der Waals surface area (Å²) in [7, 11) is -5.04. The third kappa shape index (κ3) is 3.93. The number of phenols is 2. The molecular formula is C29H41NaO8S. The molecule has 4 unspecified atom stereocenters. The van der Waals surface area contributed by atoms with Crippen molar-refractivity contribution in [3.8, 4) is 11.5 Å². The maximum Gasteiger partial charge on any atom is 1.00 e. The number of aliphatic hydroxyl groups is 1. The normalized spacial score (nSPS) is 45.1. The molecule has 0 aromatic heterocycles. The molecule has 0 heterocycles. The number of carbonyl (C=O) groups is 1. The summed E-state index contributed by atoms with van der Waals surface area (Å²) >= 11 is 0. The van der Waals surface area contributed by atoms with Gasteiger partial charge in [-0.3, -0.25) is 4.79 Å². The minimum atomic E-state index is -5.04. The van der Waals surface area contributed by atoms with Gasteiger partial charge in [-0.1, -0.05) is 27.7 Å². The maximum atomic E-state index is 12.7. The Labute approximate surface area is 253 Å². The van der Waals surface area contributed by atoms with Gasteiger partial charge in [-0.25, -0.2) is 8.42 Å². The second kappa shape index (κ2) is 9.08. The average Bonchev–Trinajstić information content (AvgIpc) is 2.80. The van der Waals surface area contributed by atoms with E-state index in [4.69, 9.17) is 0 Å². The molecule has 0 saturated heterocycles. The zero-order chi connectivity index (χ0) is 28.4. The van der Waals surface area contributed by atoms with Crippen molar-refractivity contribution >= 4 is 16.1 Å². The first kappa shape index (κ1) is 31.1. The van der Waals surface area contributed by atoms with Gasteiger partial charge in [0.25, 0.3) is 0 Å². The van der Waals surface area contributed by atoms with E-state index in [0.717, 1.165) is 19.3 Å². The molecule has 39 heavy (non-hydrogen) atoms. The molecule has 3 saturated carbocycles. The van der Waals surface area contributed by atoms with Crippen molar-refractivity contribution in [1.82, 2.24) is 0 Å². The molecule has 0 radical (unpaired) electrons. The van der Waals surface area contributed by atoms with E-state index in [1.807, 2.05) is 13.8 Å². The molecule has 4 aliphatic carbocycles. The van der Waals surface area contributed by atoms with Crippen molar-refractivity contribution < 1.29 is 67.7 Å². The molecule has 5 rings (SSSR count). The Balaban J connectivity index is 0.00000353. The predicted molar refractivity (Wildman–Crippen MR) is 140 cm³/mol. The minimum absolute atomic E-state index is 0. The predicted octanol–water partition coefficient (Wildman–Crippen LogP) is 1.74. The third-order valence-electron chi connectivity index (χ3n) is 12.5. The number of hydrogen-bond donors (Lipinski definition) is 4. The van der Waals surface area contributed by atoms with Crippen LogP contribution in [0.1, 0.15) is 102 Å². The second-order valence-corrected chi connectivity index (χ2v) is 15.7. The van der Waals surface area contributed by atoms with Crippen molar-refractivity contribution in [2.75, 3.05) is 0 Å². The van der Waals surface area contributed by atoms with Gasteiger partial charge in [-0.15, -0.1) is 0 Å². The molecule has 1 aromatic rings. The van der Waals surface area contributed by atoms with E-state index in [0.29, 0.717) is 31.2 Å². The Morgan fingerprint density at radius 1 is 0.974 bits per heavy atom. The molecule has 9 atom stereocenters. The summed E-state index contributed by atoms with van der Waals surface area (Å²) in [4.78, 5) is 12.3. The molecule has 10 heteroatoms. The molecule has 0 aliphatic heterocycles. The first-order valence-electron chi connectivity index (χ1n) is 13.7. The largest absolute Gasteiger partial charge is 1.00 e. The molecule has 0 spiro atoms. The van der Waals surface area contributed by atoms with Crippen LogP contribution in [0.3, 0.4) is 0 Å². The van der Waals surface area contributed by atoms with Crippen molar-refractivity contribution in [2.24, 2.45) is 33.5 Å². The van der Waals surface area contributed by atoms with Crippen molar-refractivity contribution in [1.29, 1.82) is 0 Å². The van der Waals surface area contributed by atoms with Gasteiger partial charge in [-0.05, 0) is 109 Å². The van der Waals surface area contributed by atoms with E-state index >= 15 is 0 Å². The molecule has 0 amide bonds. The van der Waals surface area contributed by atoms with Crippen LogP contribution in [0.5, 0.6) is 11.5 Å². The smallest absolute Gasteiger partial charge is 0.747 e. The summed E-state index contributed by atoms with van der Waals surface area (Å²) in [6.07, 6.45) is 3.23. The quantitative estimate of drug-likeness (QED) is 0.237. The molecule has 4 N–H and O–H groups in total. The van der Waals surface area contributed by atoms with Crippen LogP contribution in [-0.2, 0) is 20.3 Å². The average molecular weight is 573 g/mol. The molecule has 3 fully saturated rings. The van der Waals surface area contributed by atoms with E-state index < -0.39 is 60.8 Å². The SMILES string of the molecule is Cc1c(O)c(O)cc2c1C(S(=O)(=O)[O-])C(O)C1[C@@]2(C)CC[C@@]2(C)C3C[C@](C)(C(=O)O)CC[C@]3(C)CC[C@]12C.[Na+]. The molecule has 8 nitrogen and oxygen atoms in total. The Kier molecular flexibility index (Phi) is 7.24. The summed E-state index contributed by atoms with van der Waals surface area (Å²) in [5.74, 6) is -2.24. The van der Waals surface area contributed by atoms with Crippen LogP contribution in [-0.4, -0.2) is 45.5 Å². The monoisotopic (exact) mass is 572 g/mol. The van der Waals surface area contributed by atoms with Crippen LogP contribution in [0.2, 0.25) is 0 Å². The number of fused-ring (bicyclic) bond motifs is 7. The van der Waals surface area contributed by atoms with Gasteiger partial charge in [0, 0.05) is 5.92 Å². The summed E-state index contributed by atoms with van der Waals surface area (Å²) < 4.78 is 38.2. The van der Waals surface area contributed by atoms with E-state index in [1.165, 1.54) is 13.0 Å². The Bertz CT molecular complexity index is 1330. The van der Waals surface area contributed by atoms with Gasteiger partial charge >= 0.3 is 35.5 Å². The van der Waals surface area contributed by atoms with Crippen LogP contribution in [0.4, 0.5) is 0 Å². The number of aliphatic hydroxyl groups excluding tert-OH is 1. The zero-order valence-electron chi connectivity index (χ0n) is 24.2. The summed E-state index contributed by atoms with van der Waals surface area (Å²) in [5.41, 5.74) is -2.01. The van der Waals surface area contributed by atoms with E-state index in [9.17, 15) is 38.2 Å². The maximum absolute atomic E-state index is 12.7. The van der Waals surface area contributed by atoms with Crippen LogP contribution in [0.25, 0.3) is 0 Å². The number of carboxylic acid groups (broad SMARTS) is 1. The number of hydrogen-bond acceptors (Lipinski definition) is 7. The molecule has 0 bridgehead atoms. The van der Waals surface area contributed by atoms with Crippen molar-refractivity contribution in [2.45, 2.75) is 103 Å². The van der Waals surface area contributed by atoms with Gasteiger partial charge in [0.15, 0.2) is 11.5 Å². The standard InChI is InChI=1S/C29H42O8S.Na/c1-15-19-16(13-17(30)20(15)31)27(4)10-12-28(5)18-14-26(3,24(33)34)8-7-25(18,2)9-11-29(28,6)23(27)21(32)22(19)38(35,36)37;/h13,18,21-23,30-32H,7-12,14H2,1-6H3,(H,33,34)(H,35,36,37);/q;+1/p-1/t18?,21?,22?,23?,25-,26-,27+,28+,29-;/m1./s1. The van der Waals surface area contributed by atoms with Gasteiger partial charge in [0.05, 0.1) is 11.5 Å². The molecule has 4 aliphatic rings. The Morgan fingerprint density at radius 2 is 1.54 bits per heavy atom. The van der Waals surface area contributed by atoms with E-state index in [1.54, 1.807) is 0 Å². The topological polar surface area (TPSA) is 155 Å². The molecular weight excluding hydrogens is 531 g/mol. The van der Waals surface area contributed by atoms with Gasteiger partial charge < -0.3 is 25.0 Å². The van der Waals surface area contributed by atoms with Crippen LogP contribution in [0, 0.1) is 40.4 Å². The zero-order valence-corrected chi connectivity index (χ0v) is 27.0. The van der Waals surface area contributed by atoms with Crippen LogP contribution >= 0.6 is 0 Å². The van der Waals surface area contributed by atoms with Crippen molar-refractivity contribution in [3.63, 3.8) is 0 Å². The van der Waals surface area contributed by atoms with Crippen LogP contribution in [0.15, 0.2) is 6.07 Å². The van der Waals surface area contributed by atoms with Gasteiger partial charge in [0.2, 0.25) is 0 Å². The number of benzene rings is 1. The van der Waals surface area contributed by atoms with Crippen molar-refractivity contribution in [3.05, 3.63) is 22.8 Å². The van der Waals surface area contributed by atoms with Gasteiger partial charge in [0.1, 0.15) is 15.4 Å². The number of carboxylic acids is 1. The number of phenolic OH excluding ortho intramolecular Hbond substituents is 2. The first-order valence-corrected chi connectivity index (χ1v) is 15.2. The fourth-order valence-corrected chi connectivity index (χ4v) is 11.1. The molecule has 212 valence electrons. The number of aliphatic carboxylic acids is 1.